The molecule has 100 valence electrons. The molecule has 0 saturated carbocycles. The normalized spacial score (nSPS) is 12.2. The monoisotopic (exact) mass is 275 g/mol. The number of benzene rings is 1. The maximum absolute atomic E-state index is 13.1. The lowest BCUT2D eigenvalue weighted by atomic mass is 10.1. The van der Waals surface area contributed by atoms with Crippen molar-refractivity contribution >= 4 is 17.5 Å². The molecule has 0 saturated heterocycles. The first-order chi connectivity index (χ1) is 8.45. The molecule has 0 spiro atoms. The molecular formula is C12H15ClFNO3. The third-order valence-electron chi connectivity index (χ3n) is 2.39. The molecule has 0 bridgehead atoms. The highest BCUT2D eigenvalue weighted by Gasteiger charge is 2.16. The minimum Gasteiger partial charge on any atom is -0.506 e. The number of halogens is 2. The molecule has 0 heterocycles. The fraction of sp³-hybridized carbons (Fsp3) is 0.417. The first-order valence-electron chi connectivity index (χ1n) is 5.60. The van der Waals surface area contributed by atoms with Crippen LogP contribution in [0.4, 0.5) is 4.39 Å². The van der Waals surface area contributed by atoms with Crippen molar-refractivity contribution in [3.8, 4) is 5.75 Å². The summed E-state index contributed by atoms with van der Waals surface area (Å²) >= 11 is 5.56. The molecular weight excluding hydrogens is 261 g/mol. The Morgan fingerprint density at radius 1 is 1.56 bits per heavy atom. The molecule has 1 rings (SSSR count). The molecule has 0 aliphatic carbocycles. The van der Waals surface area contributed by atoms with Crippen LogP contribution in [0.15, 0.2) is 12.1 Å². The van der Waals surface area contributed by atoms with Gasteiger partial charge in [0.05, 0.1) is 16.7 Å². The number of nitrogens with one attached hydrogen (secondary N) is 1. The quantitative estimate of drug-likeness (QED) is 0.770. The van der Waals surface area contributed by atoms with Crippen LogP contribution in [0.25, 0.3) is 0 Å². The summed E-state index contributed by atoms with van der Waals surface area (Å²) in [5.74, 6) is -1.86. The van der Waals surface area contributed by atoms with E-state index in [1.807, 2.05) is 6.92 Å². The van der Waals surface area contributed by atoms with Gasteiger partial charge in [-0.1, -0.05) is 24.9 Å². The molecule has 0 aromatic heterocycles. The van der Waals surface area contributed by atoms with Crippen molar-refractivity contribution in [3.63, 3.8) is 0 Å². The first kappa shape index (κ1) is 14.7. The molecule has 0 aliphatic heterocycles. The molecule has 1 amide bonds. The van der Waals surface area contributed by atoms with Crippen LogP contribution in [0, 0.1) is 5.82 Å². The zero-order valence-corrected chi connectivity index (χ0v) is 10.7. The molecule has 0 aliphatic rings. The van der Waals surface area contributed by atoms with E-state index in [9.17, 15) is 19.4 Å². The molecule has 4 nitrogen and oxygen atoms in total. The molecule has 1 atom stereocenters. The molecule has 1 aromatic carbocycles. The fourth-order valence-corrected chi connectivity index (χ4v) is 1.69. The van der Waals surface area contributed by atoms with E-state index in [2.05, 4.69) is 5.32 Å². The zero-order chi connectivity index (χ0) is 13.7. The lowest BCUT2D eigenvalue weighted by Crippen LogP contribution is -2.32. The molecule has 0 fully saturated rings. The van der Waals surface area contributed by atoms with Crippen molar-refractivity contribution in [2.45, 2.75) is 25.9 Å². The Hall–Kier alpha value is -1.33. The van der Waals surface area contributed by atoms with Crippen LogP contribution < -0.4 is 5.32 Å². The summed E-state index contributed by atoms with van der Waals surface area (Å²) in [5, 5.41) is 21.2. The van der Waals surface area contributed by atoms with E-state index in [1.54, 1.807) is 0 Å². The highest BCUT2D eigenvalue weighted by atomic mass is 35.5. The topological polar surface area (TPSA) is 69.6 Å². The number of phenolic OH excluding ortho intramolecular Hbond substituents is 1. The Morgan fingerprint density at radius 3 is 2.83 bits per heavy atom. The van der Waals surface area contributed by atoms with Crippen LogP contribution in [0.1, 0.15) is 30.1 Å². The van der Waals surface area contributed by atoms with Gasteiger partial charge in [-0.15, -0.1) is 0 Å². The van der Waals surface area contributed by atoms with Gasteiger partial charge in [-0.3, -0.25) is 4.79 Å². The second-order valence-electron chi connectivity index (χ2n) is 3.94. The van der Waals surface area contributed by atoms with Crippen molar-refractivity contribution in [1.82, 2.24) is 5.32 Å². The van der Waals surface area contributed by atoms with E-state index in [4.69, 9.17) is 11.6 Å². The Balaban J connectivity index is 2.73. The number of hydrogen-bond acceptors (Lipinski definition) is 3. The molecule has 3 N–H and O–H groups in total. The number of carbonyl (C=O) groups is 1. The average Bonchev–Trinajstić information content (AvgIpc) is 2.31. The van der Waals surface area contributed by atoms with E-state index in [0.29, 0.717) is 6.42 Å². The number of carbonyl (C=O) groups excluding carboxylic acids is 1. The van der Waals surface area contributed by atoms with E-state index in [0.717, 1.165) is 18.6 Å². The van der Waals surface area contributed by atoms with Gasteiger partial charge in [0.25, 0.3) is 5.91 Å². The van der Waals surface area contributed by atoms with Gasteiger partial charge in [-0.2, -0.15) is 0 Å². The second kappa shape index (κ2) is 6.56. The van der Waals surface area contributed by atoms with E-state index in [-0.39, 0.29) is 17.1 Å². The standard InChI is InChI=1S/C12H15ClFNO3/c1-2-3-8(16)6-15-12(18)9-4-7(14)5-10(13)11(9)17/h4-5,8,16-17H,2-3,6H2,1H3,(H,15,18). The molecule has 1 aromatic rings. The van der Waals surface area contributed by atoms with Gasteiger partial charge >= 0.3 is 0 Å². The number of aliphatic hydroxyl groups excluding tert-OH is 1. The average molecular weight is 276 g/mol. The Labute approximate surface area is 109 Å². The predicted octanol–water partition coefficient (Wildman–Crippen LogP) is 2.08. The van der Waals surface area contributed by atoms with Crippen LogP contribution in [0.3, 0.4) is 0 Å². The van der Waals surface area contributed by atoms with Crippen molar-refractivity contribution in [2.75, 3.05) is 6.54 Å². The van der Waals surface area contributed by atoms with Crippen LogP contribution in [0.5, 0.6) is 5.75 Å². The summed E-state index contributed by atoms with van der Waals surface area (Å²) in [5.41, 5.74) is -0.247. The van der Waals surface area contributed by atoms with Crippen molar-refractivity contribution < 1.29 is 19.4 Å². The van der Waals surface area contributed by atoms with Gasteiger partial charge < -0.3 is 15.5 Å². The third kappa shape index (κ3) is 3.85. The third-order valence-corrected chi connectivity index (χ3v) is 2.68. The van der Waals surface area contributed by atoms with Gasteiger partial charge in [0.15, 0.2) is 0 Å². The maximum atomic E-state index is 13.1. The summed E-state index contributed by atoms with van der Waals surface area (Å²) in [4.78, 5) is 11.7. The van der Waals surface area contributed by atoms with Crippen molar-refractivity contribution in [1.29, 1.82) is 0 Å². The van der Waals surface area contributed by atoms with Crippen molar-refractivity contribution in [2.24, 2.45) is 0 Å². The van der Waals surface area contributed by atoms with E-state index in [1.165, 1.54) is 0 Å². The summed E-state index contributed by atoms with van der Waals surface area (Å²) < 4.78 is 13.1. The Morgan fingerprint density at radius 2 is 2.22 bits per heavy atom. The number of rotatable bonds is 5. The van der Waals surface area contributed by atoms with E-state index >= 15 is 0 Å². The second-order valence-corrected chi connectivity index (χ2v) is 4.34. The first-order valence-corrected chi connectivity index (χ1v) is 5.97. The Kier molecular flexibility index (Phi) is 5.37. The lowest BCUT2D eigenvalue weighted by molar-refractivity contribution is 0.0907. The highest BCUT2D eigenvalue weighted by Crippen LogP contribution is 2.28. The van der Waals surface area contributed by atoms with Crippen LogP contribution in [0.2, 0.25) is 5.02 Å². The molecule has 1 unspecified atom stereocenters. The van der Waals surface area contributed by atoms with Crippen LogP contribution in [-0.2, 0) is 0 Å². The minimum atomic E-state index is -0.711. The number of hydrogen-bond donors (Lipinski definition) is 3. The lowest BCUT2D eigenvalue weighted by Gasteiger charge is -2.11. The fourth-order valence-electron chi connectivity index (χ4n) is 1.48. The van der Waals surface area contributed by atoms with Crippen molar-refractivity contribution in [3.05, 3.63) is 28.5 Å². The SMILES string of the molecule is CCCC(O)CNC(=O)c1cc(F)cc(Cl)c1O. The highest BCUT2D eigenvalue weighted by molar-refractivity contribution is 6.32. The van der Waals surface area contributed by atoms with Gasteiger partial charge in [0.1, 0.15) is 11.6 Å². The molecule has 0 radical (unpaired) electrons. The smallest absolute Gasteiger partial charge is 0.255 e. The number of phenols is 1. The summed E-state index contributed by atoms with van der Waals surface area (Å²) in [7, 11) is 0. The summed E-state index contributed by atoms with van der Waals surface area (Å²) in [6.45, 7) is 1.95. The molecule has 18 heavy (non-hydrogen) atoms. The van der Waals surface area contributed by atoms with Gasteiger partial charge in [-0.05, 0) is 18.6 Å². The van der Waals surface area contributed by atoms with E-state index < -0.39 is 23.6 Å². The van der Waals surface area contributed by atoms with Crippen LogP contribution in [-0.4, -0.2) is 28.8 Å². The predicted molar refractivity (Wildman–Crippen MR) is 66.3 cm³/mol. The number of aromatic hydroxyl groups is 1. The summed E-state index contributed by atoms with van der Waals surface area (Å²) in [6.07, 6.45) is 0.676. The van der Waals surface area contributed by atoms with Crippen LogP contribution >= 0.6 is 11.6 Å². The number of amides is 1. The largest absolute Gasteiger partial charge is 0.506 e. The maximum Gasteiger partial charge on any atom is 0.255 e. The van der Waals surface area contributed by atoms with Gasteiger partial charge in [0.2, 0.25) is 0 Å². The van der Waals surface area contributed by atoms with Gasteiger partial charge in [-0.25, -0.2) is 4.39 Å². The Bertz CT molecular complexity index is 440. The van der Waals surface area contributed by atoms with Gasteiger partial charge in [0, 0.05) is 6.54 Å². The number of aliphatic hydroxyl groups is 1. The molecule has 6 heteroatoms. The summed E-state index contributed by atoms with van der Waals surface area (Å²) in [6, 6.07) is 1.81. The minimum absolute atomic E-state index is 0.0419. The zero-order valence-electron chi connectivity index (χ0n) is 9.91.